The second-order valence-electron chi connectivity index (χ2n) is 7.54. The van der Waals surface area contributed by atoms with Crippen molar-refractivity contribution in [3.8, 4) is 5.75 Å². The number of amides is 1. The second-order valence-corrected chi connectivity index (χ2v) is 10.7. The third kappa shape index (κ3) is 4.11. The van der Waals surface area contributed by atoms with Gasteiger partial charge in [-0.15, -0.1) is 0 Å². The van der Waals surface area contributed by atoms with E-state index in [1.54, 1.807) is 12.0 Å². The molecule has 1 amide bonds. The smallest absolute Gasteiger partial charge is 0.290 e. The molecule has 158 valence electrons. The molecule has 1 aliphatic heterocycles. The molecule has 0 spiro atoms. The van der Waals surface area contributed by atoms with Crippen LogP contribution in [0.3, 0.4) is 0 Å². The number of hydrogen-bond donors (Lipinski definition) is 0. The van der Waals surface area contributed by atoms with Crippen molar-refractivity contribution in [1.82, 2.24) is 4.90 Å². The van der Waals surface area contributed by atoms with Crippen molar-refractivity contribution >= 4 is 42.6 Å². The monoisotopic (exact) mass is 491 g/mol. The molecule has 4 rings (SSSR count). The fraction of sp³-hybridized carbons (Fsp3) is 0.318. The van der Waals surface area contributed by atoms with E-state index in [9.17, 15) is 13.2 Å². The molecule has 6 nitrogen and oxygen atoms in total. The van der Waals surface area contributed by atoms with Gasteiger partial charge in [0.25, 0.3) is 5.91 Å². The maximum Gasteiger partial charge on any atom is 0.290 e. The maximum absolute atomic E-state index is 13.6. The highest BCUT2D eigenvalue weighted by Crippen LogP contribution is 2.31. The van der Waals surface area contributed by atoms with Crippen LogP contribution in [0.2, 0.25) is 0 Å². The molecule has 1 fully saturated rings. The summed E-state index contributed by atoms with van der Waals surface area (Å²) in [6, 6.07) is 12.6. The molecule has 8 heteroatoms. The van der Waals surface area contributed by atoms with E-state index >= 15 is 0 Å². The molecule has 0 unspecified atom stereocenters. The lowest BCUT2D eigenvalue weighted by Gasteiger charge is -2.28. The summed E-state index contributed by atoms with van der Waals surface area (Å²) in [5, 5.41) is 0.855. The number of rotatable bonds is 5. The van der Waals surface area contributed by atoms with Crippen molar-refractivity contribution in [2.75, 3.05) is 18.6 Å². The third-order valence-corrected chi connectivity index (χ3v) is 7.73. The van der Waals surface area contributed by atoms with E-state index in [1.165, 1.54) is 0 Å². The molecule has 0 bridgehead atoms. The molecule has 3 aromatic rings. The molecule has 1 aliphatic rings. The van der Waals surface area contributed by atoms with E-state index < -0.39 is 15.9 Å². The molecule has 0 aliphatic carbocycles. The Hall–Kier alpha value is -2.32. The number of ether oxygens (including phenoxy) is 1. The van der Waals surface area contributed by atoms with Crippen LogP contribution in [0, 0.1) is 6.92 Å². The lowest BCUT2D eigenvalue weighted by molar-refractivity contribution is 0.0649. The zero-order valence-electron chi connectivity index (χ0n) is 16.7. The van der Waals surface area contributed by atoms with Gasteiger partial charge in [-0.05, 0) is 49.2 Å². The van der Waals surface area contributed by atoms with Crippen molar-refractivity contribution in [3.63, 3.8) is 0 Å². The van der Waals surface area contributed by atoms with Gasteiger partial charge < -0.3 is 14.1 Å². The van der Waals surface area contributed by atoms with Crippen LogP contribution >= 0.6 is 15.9 Å². The summed E-state index contributed by atoms with van der Waals surface area (Å²) in [4.78, 5) is 15.2. The standard InChI is InChI=1S/C22H22BrNO5S/c1-14-19-11-16(23)6-7-20(19)29-21(14)22(25)24(17-8-9-30(26,27)13-17)12-15-4-3-5-18(10-15)28-2/h3-7,10-11,17H,8-9,12-13H2,1-2H3/t17-/m1/s1. The minimum Gasteiger partial charge on any atom is -0.497 e. The number of nitrogens with zero attached hydrogens (tertiary/aromatic N) is 1. The third-order valence-electron chi connectivity index (χ3n) is 5.49. The molecule has 2 heterocycles. The van der Waals surface area contributed by atoms with Crippen LogP contribution in [-0.2, 0) is 16.4 Å². The summed E-state index contributed by atoms with van der Waals surface area (Å²) in [6.45, 7) is 2.12. The van der Waals surface area contributed by atoms with Crippen molar-refractivity contribution in [1.29, 1.82) is 0 Å². The van der Waals surface area contributed by atoms with E-state index in [-0.39, 0.29) is 29.7 Å². The lowest BCUT2D eigenvalue weighted by Crippen LogP contribution is -2.40. The average Bonchev–Trinajstić information content (AvgIpc) is 3.25. The summed E-state index contributed by atoms with van der Waals surface area (Å²) in [7, 11) is -1.57. The normalized spacial score (nSPS) is 17.9. The van der Waals surface area contributed by atoms with Gasteiger partial charge in [-0.3, -0.25) is 4.79 Å². The van der Waals surface area contributed by atoms with Gasteiger partial charge in [-0.2, -0.15) is 0 Å². The summed E-state index contributed by atoms with van der Waals surface area (Å²) in [5.41, 5.74) is 2.23. The number of furan rings is 1. The number of carbonyl (C=O) groups is 1. The maximum atomic E-state index is 13.6. The van der Waals surface area contributed by atoms with Gasteiger partial charge in [0.15, 0.2) is 15.6 Å². The number of methoxy groups -OCH3 is 1. The van der Waals surface area contributed by atoms with E-state index in [2.05, 4.69) is 15.9 Å². The van der Waals surface area contributed by atoms with Crippen LogP contribution in [0.4, 0.5) is 0 Å². The molecule has 1 atom stereocenters. The number of halogens is 1. The largest absolute Gasteiger partial charge is 0.497 e. The summed E-state index contributed by atoms with van der Waals surface area (Å²) in [6.07, 6.45) is 0.420. The van der Waals surface area contributed by atoms with Gasteiger partial charge >= 0.3 is 0 Å². The number of benzene rings is 2. The Morgan fingerprint density at radius 3 is 2.77 bits per heavy atom. The number of sulfone groups is 1. The van der Waals surface area contributed by atoms with E-state index in [0.29, 0.717) is 17.8 Å². The van der Waals surface area contributed by atoms with E-state index in [0.717, 1.165) is 21.0 Å². The molecule has 0 saturated carbocycles. The van der Waals surface area contributed by atoms with Gasteiger partial charge in [-0.1, -0.05) is 28.1 Å². The zero-order chi connectivity index (χ0) is 21.5. The first kappa shape index (κ1) is 20.9. The summed E-state index contributed by atoms with van der Waals surface area (Å²) >= 11 is 3.45. The summed E-state index contributed by atoms with van der Waals surface area (Å²) in [5.74, 6) is 0.683. The van der Waals surface area contributed by atoms with Gasteiger partial charge in [0.1, 0.15) is 11.3 Å². The van der Waals surface area contributed by atoms with Gasteiger partial charge in [-0.25, -0.2) is 8.42 Å². The Morgan fingerprint density at radius 1 is 1.27 bits per heavy atom. The van der Waals surface area contributed by atoms with Crippen molar-refractivity contribution < 1.29 is 22.4 Å². The molecule has 2 aromatic carbocycles. The number of fused-ring (bicyclic) bond motifs is 1. The minimum absolute atomic E-state index is 0.0342. The van der Waals surface area contributed by atoms with Gasteiger partial charge in [0, 0.05) is 28.0 Å². The fourth-order valence-electron chi connectivity index (χ4n) is 3.88. The lowest BCUT2D eigenvalue weighted by atomic mass is 10.1. The Balaban J connectivity index is 1.73. The fourth-order valence-corrected chi connectivity index (χ4v) is 5.97. The highest BCUT2D eigenvalue weighted by Gasteiger charge is 2.36. The Kier molecular flexibility index (Phi) is 5.63. The molecular formula is C22H22BrNO5S. The second kappa shape index (κ2) is 8.07. The highest BCUT2D eigenvalue weighted by atomic mass is 79.9. The molecule has 0 radical (unpaired) electrons. The Bertz CT molecular complexity index is 1220. The molecule has 0 N–H and O–H groups in total. The molecule has 1 saturated heterocycles. The number of carbonyl (C=O) groups excluding carboxylic acids is 1. The van der Waals surface area contributed by atoms with Crippen LogP contribution in [0.15, 0.2) is 51.4 Å². The minimum atomic E-state index is -3.16. The van der Waals surface area contributed by atoms with Crippen molar-refractivity contribution in [2.24, 2.45) is 0 Å². The highest BCUT2D eigenvalue weighted by molar-refractivity contribution is 9.10. The van der Waals surface area contributed by atoms with E-state index in [1.807, 2.05) is 49.4 Å². The molecule has 1 aromatic heterocycles. The van der Waals surface area contributed by atoms with Gasteiger partial charge in [0.05, 0.1) is 18.6 Å². The first-order valence-corrected chi connectivity index (χ1v) is 12.2. The number of hydrogen-bond acceptors (Lipinski definition) is 5. The predicted octanol–water partition coefficient (Wildman–Crippen LogP) is 4.34. The van der Waals surface area contributed by atoms with Crippen LogP contribution < -0.4 is 4.74 Å². The van der Waals surface area contributed by atoms with Gasteiger partial charge in [0.2, 0.25) is 0 Å². The molecule has 30 heavy (non-hydrogen) atoms. The molecular weight excluding hydrogens is 470 g/mol. The predicted molar refractivity (Wildman–Crippen MR) is 119 cm³/mol. The van der Waals surface area contributed by atoms with Crippen LogP contribution in [-0.4, -0.2) is 43.9 Å². The quantitative estimate of drug-likeness (QED) is 0.530. The Morgan fingerprint density at radius 2 is 2.07 bits per heavy atom. The zero-order valence-corrected chi connectivity index (χ0v) is 19.1. The average molecular weight is 492 g/mol. The SMILES string of the molecule is COc1cccc(CN(C(=O)c2oc3ccc(Br)cc3c2C)[C@@H]2CCS(=O)(=O)C2)c1. The van der Waals surface area contributed by atoms with Crippen LogP contribution in [0.5, 0.6) is 5.75 Å². The van der Waals surface area contributed by atoms with Crippen LogP contribution in [0.1, 0.15) is 28.1 Å². The Labute approximate surface area is 183 Å². The van der Waals surface area contributed by atoms with Crippen molar-refractivity contribution in [3.05, 3.63) is 63.8 Å². The number of aryl methyl sites for hydroxylation is 1. The topological polar surface area (TPSA) is 76.8 Å². The first-order chi connectivity index (χ1) is 14.3. The summed E-state index contributed by atoms with van der Waals surface area (Å²) < 4.78 is 36.3. The van der Waals surface area contributed by atoms with E-state index in [4.69, 9.17) is 9.15 Å². The first-order valence-electron chi connectivity index (χ1n) is 9.60. The van der Waals surface area contributed by atoms with Crippen molar-refractivity contribution in [2.45, 2.75) is 25.9 Å². The van der Waals surface area contributed by atoms with Crippen LogP contribution in [0.25, 0.3) is 11.0 Å².